The highest BCUT2D eigenvalue weighted by Gasteiger charge is 2.30. The molecule has 0 aliphatic heterocycles. The summed E-state index contributed by atoms with van der Waals surface area (Å²) in [4.78, 5) is 0. The summed E-state index contributed by atoms with van der Waals surface area (Å²) in [6.07, 6.45) is 0. The fourth-order valence-corrected chi connectivity index (χ4v) is 2.87. The van der Waals surface area contributed by atoms with Crippen LogP contribution in [-0.2, 0) is 5.60 Å². The van der Waals surface area contributed by atoms with E-state index in [1.807, 2.05) is 36.4 Å². The van der Waals surface area contributed by atoms with E-state index in [0.717, 1.165) is 10.0 Å². The van der Waals surface area contributed by atoms with E-state index < -0.39 is 5.60 Å². The molecule has 4 heteroatoms. The number of benzene rings is 2. The lowest BCUT2D eigenvalue weighted by molar-refractivity contribution is 0.0981. The first-order chi connectivity index (χ1) is 9.50. The molecule has 0 bridgehead atoms. The molecule has 0 fully saturated rings. The Labute approximate surface area is 127 Å². The van der Waals surface area contributed by atoms with E-state index in [1.54, 1.807) is 27.2 Å². The Kier molecular flexibility index (Phi) is 4.35. The Morgan fingerprint density at radius 2 is 1.70 bits per heavy atom. The van der Waals surface area contributed by atoms with Gasteiger partial charge < -0.3 is 14.6 Å². The lowest BCUT2D eigenvalue weighted by Crippen LogP contribution is -2.24. The van der Waals surface area contributed by atoms with Crippen molar-refractivity contribution in [2.45, 2.75) is 12.5 Å². The molecular formula is C16H17BrO3. The molecule has 20 heavy (non-hydrogen) atoms. The average molecular weight is 337 g/mol. The molecule has 0 saturated carbocycles. The standard InChI is InChI=1S/C16H17BrO3/c1-16(18,12-6-4-5-7-14(12)17)13-9-8-11(19-2)10-15(13)20-3/h4-10,18H,1-3H3. The molecule has 0 radical (unpaired) electrons. The lowest BCUT2D eigenvalue weighted by atomic mass is 9.87. The van der Waals surface area contributed by atoms with Gasteiger partial charge in [-0.15, -0.1) is 0 Å². The zero-order valence-electron chi connectivity index (χ0n) is 11.7. The quantitative estimate of drug-likeness (QED) is 0.924. The second kappa shape index (κ2) is 5.85. The molecule has 0 heterocycles. The van der Waals surface area contributed by atoms with Crippen LogP contribution in [0.2, 0.25) is 0 Å². The maximum Gasteiger partial charge on any atom is 0.128 e. The minimum atomic E-state index is -1.17. The molecule has 2 rings (SSSR count). The molecule has 1 N–H and O–H groups in total. The predicted molar refractivity (Wildman–Crippen MR) is 82.4 cm³/mol. The van der Waals surface area contributed by atoms with Gasteiger partial charge in [0.1, 0.15) is 17.1 Å². The fourth-order valence-electron chi connectivity index (χ4n) is 2.20. The molecule has 0 aliphatic rings. The van der Waals surface area contributed by atoms with Crippen molar-refractivity contribution < 1.29 is 14.6 Å². The van der Waals surface area contributed by atoms with Crippen molar-refractivity contribution in [1.82, 2.24) is 0 Å². The van der Waals surface area contributed by atoms with Crippen molar-refractivity contribution in [3.05, 3.63) is 58.1 Å². The molecule has 2 aromatic carbocycles. The molecule has 0 aromatic heterocycles. The van der Waals surface area contributed by atoms with Crippen LogP contribution in [0.15, 0.2) is 46.9 Å². The van der Waals surface area contributed by atoms with Crippen LogP contribution >= 0.6 is 15.9 Å². The molecule has 3 nitrogen and oxygen atoms in total. The highest BCUT2D eigenvalue weighted by molar-refractivity contribution is 9.10. The van der Waals surface area contributed by atoms with Crippen LogP contribution in [0.4, 0.5) is 0 Å². The normalized spacial score (nSPS) is 13.7. The van der Waals surface area contributed by atoms with Crippen LogP contribution in [0.5, 0.6) is 11.5 Å². The zero-order valence-corrected chi connectivity index (χ0v) is 13.3. The molecule has 1 unspecified atom stereocenters. The molecule has 2 aromatic rings. The highest BCUT2D eigenvalue weighted by atomic mass is 79.9. The van der Waals surface area contributed by atoms with Gasteiger partial charge in [-0.1, -0.05) is 34.1 Å². The Hall–Kier alpha value is -1.52. The van der Waals surface area contributed by atoms with Gasteiger partial charge in [0.2, 0.25) is 0 Å². The summed E-state index contributed by atoms with van der Waals surface area (Å²) in [5.74, 6) is 1.28. The topological polar surface area (TPSA) is 38.7 Å². The second-order valence-corrected chi connectivity index (χ2v) is 5.47. The average Bonchev–Trinajstić information content (AvgIpc) is 2.46. The monoisotopic (exact) mass is 336 g/mol. The lowest BCUT2D eigenvalue weighted by Gasteiger charge is -2.27. The third kappa shape index (κ3) is 2.67. The summed E-state index contributed by atoms with van der Waals surface area (Å²) in [5.41, 5.74) is 0.300. The van der Waals surface area contributed by atoms with Crippen molar-refractivity contribution in [2.24, 2.45) is 0 Å². The van der Waals surface area contributed by atoms with E-state index in [1.165, 1.54) is 0 Å². The Morgan fingerprint density at radius 3 is 2.30 bits per heavy atom. The van der Waals surface area contributed by atoms with E-state index in [9.17, 15) is 5.11 Å². The van der Waals surface area contributed by atoms with Gasteiger partial charge in [-0.25, -0.2) is 0 Å². The molecule has 0 amide bonds. The molecule has 0 spiro atoms. The molecule has 1 atom stereocenters. The smallest absolute Gasteiger partial charge is 0.128 e. The number of hydrogen-bond donors (Lipinski definition) is 1. The van der Waals surface area contributed by atoms with Crippen LogP contribution in [0.3, 0.4) is 0 Å². The van der Waals surface area contributed by atoms with E-state index in [2.05, 4.69) is 15.9 Å². The summed E-state index contributed by atoms with van der Waals surface area (Å²) in [7, 11) is 3.18. The minimum absolute atomic E-state index is 0.588. The van der Waals surface area contributed by atoms with Gasteiger partial charge in [-0.2, -0.15) is 0 Å². The SMILES string of the molecule is COc1ccc(C(C)(O)c2ccccc2Br)c(OC)c1. The van der Waals surface area contributed by atoms with Crippen molar-refractivity contribution in [1.29, 1.82) is 0 Å². The third-order valence-corrected chi connectivity index (χ3v) is 4.02. The van der Waals surface area contributed by atoms with Gasteiger partial charge in [0.15, 0.2) is 0 Å². The summed E-state index contributed by atoms with van der Waals surface area (Å²) in [6, 6.07) is 13.0. The first kappa shape index (κ1) is 14.9. The molecular weight excluding hydrogens is 320 g/mol. The maximum absolute atomic E-state index is 11.0. The number of aliphatic hydroxyl groups is 1. The van der Waals surface area contributed by atoms with Gasteiger partial charge in [-0.05, 0) is 25.1 Å². The van der Waals surface area contributed by atoms with Gasteiger partial charge in [0.25, 0.3) is 0 Å². The molecule has 106 valence electrons. The summed E-state index contributed by atoms with van der Waals surface area (Å²) < 4.78 is 11.4. The van der Waals surface area contributed by atoms with Crippen molar-refractivity contribution in [3.63, 3.8) is 0 Å². The van der Waals surface area contributed by atoms with Crippen LogP contribution in [0.1, 0.15) is 18.1 Å². The van der Waals surface area contributed by atoms with Crippen LogP contribution in [0.25, 0.3) is 0 Å². The van der Waals surface area contributed by atoms with Gasteiger partial charge >= 0.3 is 0 Å². The van der Waals surface area contributed by atoms with Gasteiger partial charge in [0.05, 0.1) is 14.2 Å². The maximum atomic E-state index is 11.0. The van der Waals surface area contributed by atoms with Gasteiger partial charge in [0, 0.05) is 21.7 Å². The summed E-state index contributed by atoms with van der Waals surface area (Å²) in [5, 5.41) is 11.0. The zero-order chi connectivity index (χ0) is 14.8. The van der Waals surface area contributed by atoms with Crippen molar-refractivity contribution >= 4 is 15.9 Å². The van der Waals surface area contributed by atoms with E-state index in [0.29, 0.717) is 17.1 Å². The van der Waals surface area contributed by atoms with Crippen LogP contribution < -0.4 is 9.47 Å². The molecule has 0 saturated heterocycles. The van der Waals surface area contributed by atoms with E-state index in [-0.39, 0.29) is 0 Å². The number of rotatable bonds is 4. The minimum Gasteiger partial charge on any atom is -0.497 e. The number of ether oxygens (including phenoxy) is 2. The summed E-state index contributed by atoms with van der Waals surface area (Å²) >= 11 is 3.48. The Morgan fingerprint density at radius 1 is 1.00 bits per heavy atom. The van der Waals surface area contributed by atoms with Crippen LogP contribution in [0, 0.1) is 0 Å². The van der Waals surface area contributed by atoms with Crippen LogP contribution in [-0.4, -0.2) is 19.3 Å². The first-order valence-electron chi connectivity index (χ1n) is 6.20. The van der Waals surface area contributed by atoms with E-state index >= 15 is 0 Å². The van der Waals surface area contributed by atoms with Crippen molar-refractivity contribution in [2.75, 3.05) is 14.2 Å². The Balaban J connectivity index is 2.57. The Bertz CT molecular complexity index is 608. The molecule has 0 aliphatic carbocycles. The number of methoxy groups -OCH3 is 2. The van der Waals surface area contributed by atoms with Crippen molar-refractivity contribution in [3.8, 4) is 11.5 Å². The predicted octanol–water partition coefficient (Wildman–Crippen LogP) is 3.72. The van der Waals surface area contributed by atoms with Gasteiger partial charge in [-0.3, -0.25) is 0 Å². The third-order valence-electron chi connectivity index (χ3n) is 3.33. The summed E-state index contributed by atoms with van der Waals surface area (Å²) in [6.45, 7) is 1.75. The largest absolute Gasteiger partial charge is 0.497 e. The first-order valence-corrected chi connectivity index (χ1v) is 7.00. The highest BCUT2D eigenvalue weighted by Crippen LogP contribution is 2.39. The number of hydrogen-bond acceptors (Lipinski definition) is 3. The second-order valence-electron chi connectivity index (χ2n) is 4.62. The van der Waals surface area contributed by atoms with E-state index in [4.69, 9.17) is 9.47 Å². The number of halogens is 1. The fraction of sp³-hybridized carbons (Fsp3) is 0.250.